The van der Waals surface area contributed by atoms with Gasteiger partial charge in [-0.15, -0.1) is 0 Å². The van der Waals surface area contributed by atoms with Crippen LogP contribution in [-0.4, -0.2) is 9.13 Å². The zero-order chi connectivity index (χ0) is 42.8. The Labute approximate surface area is 362 Å². The van der Waals surface area contributed by atoms with Crippen LogP contribution in [0.3, 0.4) is 0 Å². The second-order valence-corrected chi connectivity index (χ2v) is 16.0. The Balaban J connectivity index is 1.23. The molecule has 2 heterocycles. The monoisotopic (exact) mass is 819 g/mol. The summed E-state index contributed by atoms with van der Waals surface area (Å²) >= 11 is 0. The summed E-state index contributed by atoms with van der Waals surface area (Å²) < 4.78 is 47.5. The summed E-state index contributed by atoms with van der Waals surface area (Å²) in [5.74, 6) is 0. The van der Waals surface area contributed by atoms with Crippen LogP contribution in [-0.2, 0) is 6.18 Å². The molecule has 0 aliphatic rings. The summed E-state index contributed by atoms with van der Waals surface area (Å²) in [6.45, 7) is 10.3. The Morgan fingerprint density at radius 2 is 0.921 bits per heavy atom. The number of alkyl halides is 3. The van der Waals surface area contributed by atoms with Gasteiger partial charge in [0.05, 0.1) is 39.9 Å². The van der Waals surface area contributed by atoms with Gasteiger partial charge in [-0.3, -0.25) is 0 Å². The van der Waals surface area contributed by atoms with Crippen molar-refractivity contribution in [2.24, 2.45) is 0 Å². The lowest BCUT2D eigenvalue weighted by atomic mass is 9.93. The number of nitrogens with zero attached hydrogens (tertiary/aromatic N) is 3. The van der Waals surface area contributed by atoms with Gasteiger partial charge in [0.2, 0.25) is 0 Å². The average Bonchev–Trinajstić information content (AvgIpc) is 3.83. The van der Waals surface area contributed by atoms with E-state index in [9.17, 15) is 13.2 Å². The van der Waals surface area contributed by atoms with Crippen molar-refractivity contribution < 1.29 is 13.2 Å². The first-order valence-electron chi connectivity index (χ1n) is 20.8. The summed E-state index contributed by atoms with van der Waals surface area (Å²) in [4.78, 5) is 4.17. The van der Waals surface area contributed by atoms with Gasteiger partial charge in [0.1, 0.15) is 0 Å². The highest BCUT2D eigenvalue weighted by Gasteiger charge is 2.31. The molecule has 0 radical (unpaired) electrons. The third kappa shape index (κ3) is 6.36. The smallest absolute Gasteiger partial charge is 0.310 e. The minimum atomic E-state index is -4.52. The molecular weight excluding hydrogens is 784 g/mol. The van der Waals surface area contributed by atoms with Crippen LogP contribution in [0.5, 0.6) is 0 Å². The topological polar surface area (TPSA) is 14.2 Å². The van der Waals surface area contributed by atoms with Crippen LogP contribution in [0.25, 0.3) is 104 Å². The number of fused-ring (bicyclic) bond motifs is 6. The number of hydrogen-bond acceptors (Lipinski definition) is 0. The molecule has 0 aliphatic heterocycles. The molecule has 0 bridgehead atoms. The Bertz CT molecular complexity index is 3630. The minimum absolute atomic E-state index is 0.421. The van der Waals surface area contributed by atoms with Crippen LogP contribution in [0.1, 0.15) is 11.1 Å². The highest BCUT2D eigenvalue weighted by molar-refractivity contribution is 6.13. The molecule has 0 amide bonds. The number of hydrogen-bond donors (Lipinski definition) is 0. The van der Waals surface area contributed by atoms with E-state index in [2.05, 4.69) is 98.9 Å². The van der Waals surface area contributed by atoms with E-state index in [1.807, 2.05) is 97.1 Å². The predicted molar refractivity (Wildman–Crippen MR) is 253 cm³/mol. The molecular formula is C57H36F3N3. The quantitative estimate of drug-likeness (QED) is 0.148. The number of halogens is 3. The summed E-state index contributed by atoms with van der Waals surface area (Å²) in [5.41, 5.74) is 12.5. The first-order chi connectivity index (χ1) is 30.7. The summed E-state index contributed by atoms with van der Waals surface area (Å²) in [5, 5.41) is 4.25. The molecule has 11 rings (SSSR count). The molecule has 63 heavy (non-hydrogen) atoms. The van der Waals surface area contributed by atoms with Crippen LogP contribution in [0, 0.1) is 13.5 Å². The zero-order valence-corrected chi connectivity index (χ0v) is 34.0. The lowest BCUT2D eigenvalue weighted by molar-refractivity contribution is -0.137. The molecule has 0 aliphatic carbocycles. The van der Waals surface area contributed by atoms with Crippen LogP contribution in [0.2, 0.25) is 0 Å². The van der Waals surface area contributed by atoms with Crippen LogP contribution >= 0.6 is 0 Å². The van der Waals surface area contributed by atoms with Crippen molar-refractivity contribution in [3.05, 3.63) is 223 Å². The standard InChI is InChI=1S/C57H36F3N3/c1-36-30-42(32-43(31-36)57(58,59)60)41-26-29-54(62-50-21-11-9-18-44(50)46-33-39(24-27-52(46)62)37-14-5-3-6-15-37)48(35-41)56-49(61-2)20-13-23-55(56)63-51-22-12-10-19-45(51)47-34-40(25-28-53(47)63)38-16-7-4-8-17-38/h3-35H,1H3. The van der Waals surface area contributed by atoms with Crippen LogP contribution in [0.4, 0.5) is 18.9 Å². The van der Waals surface area contributed by atoms with E-state index in [4.69, 9.17) is 6.57 Å². The second kappa shape index (κ2) is 14.8. The van der Waals surface area contributed by atoms with E-state index in [1.165, 1.54) is 12.1 Å². The molecule has 0 unspecified atom stereocenters. The molecule has 6 heteroatoms. The number of aryl methyl sites for hydroxylation is 1. The molecule has 300 valence electrons. The summed E-state index contributed by atoms with van der Waals surface area (Å²) in [6.07, 6.45) is -4.52. The fraction of sp³-hybridized carbons (Fsp3) is 0.0351. The normalized spacial score (nSPS) is 11.8. The maximum absolute atomic E-state index is 14.3. The summed E-state index contributed by atoms with van der Waals surface area (Å²) in [7, 11) is 0. The van der Waals surface area contributed by atoms with E-state index in [-0.39, 0.29) is 0 Å². The highest BCUT2D eigenvalue weighted by Crippen LogP contribution is 2.47. The van der Waals surface area contributed by atoms with Gasteiger partial charge in [-0.25, -0.2) is 4.85 Å². The molecule has 3 nitrogen and oxygen atoms in total. The second-order valence-electron chi connectivity index (χ2n) is 16.0. The molecule has 0 saturated heterocycles. The SMILES string of the molecule is [C-]#[N+]c1cccc(-n2c3ccccc3c3cc(-c4ccccc4)ccc32)c1-c1cc(-c2cc(C)cc(C(F)(F)F)c2)ccc1-n1c2ccccc2c2cc(-c3ccccc3)ccc21. The average molecular weight is 820 g/mol. The molecule has 11 aromatic rings. The molecule has 0 fully saturated rings. The first-order valence-corrected chi connectivity index (χ1v) is 20.8. The maximum Gasteiger partial charge on any atom is 0.416 e. The van der Waals surface area contributed by atoms with Crippen molar-refractivity contribution in [3.8, 4) is 55.9 Å². The Morgan fingerprint density at radius 1 is 0.413 bits per heavy atom. The van der Waals surface area contributed by atoms with E-state index in [1.54, 1.807) is 13.0 Å². The zero-order valence-electron chi connectivity index (χ0n) is 34.0. The molecule has 0 saturated carbocycles. The fourth-order valence-corrected chi connectivity index (χ4v) is 9.39. The van der Waals surface area contributed by atoms with Crippen LogP contribution < -0.4 is 0 Å². The van der Waals surface area contributed by atoms with Crippen molar-refractivity contribution in [1.29, 1.82) is 0 Å². The third-order valence-electron chi connectivity index (χ3n) is 12.2. The molecule has 9 aromatic carbocycles. The molecule has 0 atom stereocenters. The summed E-state index contributed by atoms with van der Waals surface area (Å²) in [6, 6.07) is 66.0. The van der Waals surface area contributed by atoms with Crippen molar-refractivity contribution in [1.82, 2.24) is 9.13 Å². The number of para-hydroxylation sites is 2. The van der Waals surface area contributed by atoms with Gasteiger partial charge in [-0.2, -0.15) is 13.2 Å². The van der Waals surface area contributed by atoms with Gasteiger partial charge >= 0.3 is 6.18 Å². The van der Waals surface area contributed by atoms with E-state index >= 15 is 0 Å². The van der Waals surface area contributed by atoms with E-state index < -0.39 is 11.7 Å². The number of rotatable bonds is 6. The van der Waals surface area contributed by atoms with Gasteiger partial charge in [0.15, 0.2) is 5.69 Å². The number of benzene rings is 9. The van der Waals surface area contributed by atoms with Gasteiger partial charge in [0.25, 0.3) is 0 Å². The van der Waals surface area contributed by atoms with Crippen molar-refractivity contribution in [2.45, 2.75) is 13.1 Å². The van der Waals surface area contributed by atoms with Gasteiger partial charge in [-0.05, 0) is 118 Å². The van der Waals surface area contributed by atoms with Gasteiger partial charge in [0, 0.05) is 32.8 Å². The molecule has 2 aromatic heterocycles. The van der Waals surface area contributed by atoms with Crippen molar-refractivity contribution >= 4 is 49.3 Å². The molecule has 0 spiro atoms. The third-order valence-corrected chi connectivity index (χ3v) is 12.2. The largest absolute Gasteiger partial charge is 0.416 e. The highest BCUT2D eigenvalue weighted by atomic mass is 19.4. The Kier molecular flexibility index (Phi) is 8.88. The minimum Gasteiger partial charge on any atom is -0.310 e. The lowest BCUT2D eigenvalue weighted by Gasteiger charge is -2.21. The lowest BCUT2D eigenvalue weighted by Crippen LogP contribution is -2.05. The van der Waals surface area contributed by atoms with Crippen LogP contribution in [0.15, 0.2) is 200 Å². The van der Waals surface area contributed by atoms with E-state index in [0.29, 0.717) is 33.5 Å². The Hall–Kier alpha value is -8.14. The van der Waals surface area contributed by atoms with E-state index in [0.717, 1.165) is 77.2 Å². The maximum atomic E-state index is 14.3. The van der Waals surface area contributed by atoms with Crippen molar-refractivity contribution in [2.75, 3.05) is 0 Å². The van der Waals surface area contributed by atoms with Gasteiger partial charge in [-0.1, -0.05) is 133 Å². The fourth-order valence-electron chi connectivity index (χ4n) is 9.39. The predicted octanol–water partition coefficient (Wildman–Crippen LogP) is 16.4. The first kappa shape index (κ1) is 37.8. The molecule has 0 N–H and O–H groups in total. The Morgan fingerprint density at radius 3 is 1.49 bits per heavy atom. The van der Waals surface area contributed by atoms with Gasteiger partial charge < -0.3 is 9.13 Å². The van der Waals surface area contributed by atoms with Crippen molar-refractivity contribution in [3.63, 3.8) is 0 Å². The number of aromatic nitrogens is 2.